The third-order valence-electron chi connectivity index (χ3n) is 9.78. The molecule has 1 N–H and O–H groups in total. The fourth-order valence-corrected chi connectivity index (χ4v) is 7.75. The summed E-state index contributed by atoms with van der Waals surface area (Å²) in [6, 6.07) is 6.23. The van der Waals surface area contributed by atoms with E-state index in [1.807, 2.05) is 6.20 Å². The number of aryl methyl sites for hydroxylation is 1. The Morgan fingerprint density at radius 3 is 2.74 bits per heavy atom. The number of H-pyrrole nitrogens is 1. The van der Waals surface area contributed by atoms with E-state index in [2.05, 4.69) is 70.7 Å². The number of halogens is 1. The zero-order chi connectivity index (χ0) is 32.4. The summed E-state index contributed by atoms with van der Waals surface area (Å²) in [6.07, 6.45) is 8.23. The number of aromatic nitrogens is 4. The van der Waals surface area contributed by atoms with E-state index in [0.717, 1.165) is 72.4 Å². The van der Waals surface area contributed by atoms with Crippen molar-refractivity contribution < 1.29 is 13.9 Å². The molecule has 2 aromatic heterocycles. The van der Waals surface area contributed by atoms with Crippen LogP contribution < -0.4 is 14.5 Å². The summed E-state index contributed by atoms with van der Waals surface area (Å²) < 4.78 is 20.4. The molecule has 3 aromatic rings. The van der Waals surface area contributed by atoms with Crippen molar-refractivity contribution in [2.24, 2.45) is 5.41 Å². The predicted molar refractivity (Wildman–Crippen MR) is 175 cm³/mol. The number of aromatic amines is 1. The summed E-state index contributed by atoms with van der Waals surface area (Å²) in [7, 11) is 4.21. The summed E-state index contributed by atoms with van der Waals surface area (Å²) in [5, 5.41) is 18.1. The van der Waals surface area contributed by atoms with Gasteiger partial charge in [-0.05, 0) is 58.3 Å². The highest BCUT2D eigenvalue weighted by atomic mass is 19.1. The van der Waals surface area contributed by atoms with E-state index in [1.165, 1.54) is 23.3 Å². The van der Waals surface area contributed by atoms with E-state index < -0.39 is 17.8 Å². The highest BCUT2D eigenvalue weighted by molar-refractivity contribution is 5.93. The molecule has 1 aliphatic carbocycles. The average molecular weight is 630 g/mol. The number of carbonyl (C=O) groups is 1. The Hall–Kier alpha value is -4.24. The molecule has 1 saturated carbocycles. The number of nitrogens with one attached hydrogen (secondary N) is 1. The Labute approximate surface area is 270 Å². The second-order valence-electron chi connectivity index (χ2n) is 13.4. The topological polar surface area (TPSA) is 118 Å². The molecule has 1 amide bonds. The van der Waals surface area contributed by atoms with Gasteiger partial charge in [0.15, 0.2) is 5.83 Å². The second-order valence-corrected chi connectivity index (χ2v) is 13.4. The lowest BCUT2D eigenvalue weighted by atomic mass is 9.87. The van der Waals surface area contributed by atoms with E-state index in [4.69, 9.17) is 14.7 Å². The summed E-state index contributed by atoms with van der Waals surface area (Å²) in [5.74, 6) is -0.987. The molecule has 0 radical (unpaired) electrons. The molecule has 12 heteroatoms. The van der Waals surface area contributed by atoms with Gasteiger partial charge in [-0.2, -0.15) is 20.3 Å². The Morgan fingerprint density at radius 1 is 1.20 bits per heavy atom. The molecule has 6 rings (SSSR count). The van der Waals surface area contributed by atoms with Crippen LogP contribution in [0.5, 0.6) is 6.01 Å². The van der Waals surface area contributed by atoms with E-state index in [1.54, 1.807) is 0 Å². The van der Waals surface area contributed by atoms with Crippen LogP contribution in [0.25, 0.3) is 10.9 Å². The fraction of sp³-hybridized carbons (Fsp3) is 0.559. The number of nitriles is 1. The number of benzene rings is 1. The van der Waals surface area contributed by atoms with Crippen LogP contribution in [-0.4, -0.2) is 95.3 Å². The number of rotatable bonds is 9. The molecule has 1 atom stereocenters. The maximum atomic E-state index is 13.9. The number of hydrogen-bond donors (Lipinski definition) is 1. The number of nitrogens with zero attached hydrogens (tertiary/aromatic N) is 8. The maximum absolute atomic E-state index is 13.9. The first kappa shape index (κ1) is 31.7. The van der Waals surface area contributed by atoms with Crippen molar-refractivity contribution in [3.05, 3.63) is 47.6 Å². The minimum absolute atomic E-state index is 0.0541. The van der Waals surface area contributed by atoms with Gasteiger partial charge in [0.25, 0.3) is 5.91 Å². The number of amides is 1. The van der Waals surface area contributed by atoms with Crippen LogP contribution in [0.3, 0.4) is 0 Å². The van der Waals surface area contributed by atoms with Crippen LogP contribution in [0.2, 0.25) is 0 Å². The molecule has 0 unspecified atom stereocenters. The van der Waals surface area contributed by atoms with Gasteiger partial charge in [0.1, 0.15) is 5.82 Å². The largest absolute Gasteiger partial charge is 0.463 e. The first-order valence-electron chi connectivity index (χ1n) is 16.3. The van der Waals surface area contributed by atoms with Gasteiger partial charge in [0, 0.05) is 49.1 Å². The summed E-state index contributed by atoms with van der Waals surface area (Å²) >= 11 is 0. The molecule has 0 bridgehead atoms. The van der Waals surface area contributed by atoms with E-state index >= 15 is 0 Å². The zero-order valence-electron chi connectivity index (χ0n) is 27.2. The predicted octanol–water partition coefficient (Wildman–Crippen LogP) is 4.53. The molecule has 0 spiro atoms. The van der Waals surface area contributed by atoms with Gasteiger partial charge in [-0.15, -0.1) is 0 Å². The molecule has 2 aliphatic heterocycles. The van der Waals surface area contributed by atoms with Crippen molar-refractivity contribution in [1.29, 1.82) is 5.26 Å². The monoisotopic (exact) mass is 629 g/mol. The number of piperazine rings is 1. The van der Waals surface area contributed by atoms with Crippen molar-refractivity contribution in [2.45, 2.75) is 64.5 Å². The Morgan fingerprint density at radius 2 is 2.00 bits per heavy atom. The average Bonchev–Trinajstić information content (AvgIpc) is 3.64. The van der Waals surface area contributed by atoms with Crippen LogP contribution in [0.1, 0.15) is 55.3 Å². The minimum Gasteiger partial charge on any atom is -0.463 e. The third-order valence-corrected chi connectivity index (χ3v) is 9.78. The Kier molecular flexibility index (Phi) is 9.13. The lowest BCUT2D eigenvalue weighted by Crippen LogP contribution is -2.55. The molecule has 244 valence electrons. The second kappa shape index (κ2) is 13.2. The molecule has 2 fully saturated rings. The fourth-order valence-electron chi connectivity index (χ4n) is 7.75. The quantitative estimate of drug-likeness (QED) is 0.341. The molecule has 11 nitrogen and oxygen atoms in total. The van der Waals surface area contributed by atoms with Crippen molar-refractivity contribution in [2.75, 3.05) is 63.2 Å². The molecular weight excluding hydrogens is 585 g/mol. The van der Waals surface area contributed by atoms with Gasteiger partial charge >= 0.3 is 6.01 Å². The van der Waals surface area contributed by atoms with Gasteiger partial charge < -0.3 is 24.3 Å². The van der Waals surface area contributed by atoms with Crippen LogP contribution in [0.4, 0.5) is 15.9 Å². The van der Waals surface area contributed by atoms with Crippen LogP contribution in [0.15, 0.2) is 30.7 Å². The van der Waals surface area contributed by atoms with Crippen molar-refractivity contribution >= 4 is 28.3 Å². The highest BCUT2D eigenvalue weighted by Gasteiger charge is 2.37. The third kappa shape index (κ3) is 6.38. The summed E-state index contributed by atoms with van der Waals surface area (Å²) in [4.78, 5) is 30.9. The number of carbonyl (C=O) groups excluding carboxylic acids is 1. The SMILES string of the molecule is C=C(F)C(=O)N1CCN(c2nc(OCC3(CN(C)C)CCCC3)nc3c2CCCN(c2c(C)ccc4[nH]ncc24)C3)C[C@@H]1CC#N. The van der Waals surface area contributed by atoms with E-state index in [9.17, 15) is 14.4 Å². The molecule has 1 saturated heterocycles. The zero-order valence-corrected chi connectivity index (χ0v) is 27.2. The summed E-state index contributed by atoms with van der Waals surface area (Å²) in [5.41, 5.74) is 5.33. The van der Waals surface area contributed by atoms with Crippen LogP contribution in [-0.2, 0) is 17.8 Å². The molecular formula is C34H44FN9O2. The van der Waals surface area contributed by atoms with E-state index in [0.29, 0.717) is 32.3 Å². The summed E-state index contributed by atoms with van der Waals surface area (Å²) in [6.45, 7) is 9.31. The number of fused-ring (bicyclic) bond motifs is 2. The maximum Gasteiger partial charge on any atom is 0.318 e. The lowest BCUT2D eigenvalue weighted by molar-refractivity contribution is -0.131. The van der Waals surface area contributed by atoms with Crippen molar-refractivity contribution in [1.82, 2.24) is 30.0 Å². The van der Waals surface area contributed by atoms with Gasteiger partial charge in [-0.1, -0.05) is 25.5 Å². The van der Waals surface area contributed by atoms with Gasteiger partial charge in [-0.3, -0.25) is 9.89 Å². The normalized spacial score (nSPS) is 19.7. The first-order valence-corrected chi connectivity index (χ1v) is 16.3. The minimum atomic E-state index is -1.01. The number of anilines is 2. The lowest BCUT2D eigenvalue weighted by Gasteiger charge is -2.41. The number of ether oxygens (including phenoxy) is 1. The van der Waals surface area contributed by atoms with Gasteiger partial charge in [0.2, 0.25) is 0 Å². The molecule has 46 heavy (non-hydrogen) atoms. The Bertz CT molecular complexity index is 1640. The van der Waals surface area contributed by atoms with Crippen molar-refractivity contribution in [3.8, 4) is 12.1 Å². The molecule has 1 aromatic carbocycles. The highest BCUT2D eigenvalue weighted by Crippen LogP contribution is 2.40. The van der Waals surface area contributed by atoms with Crippen LogP contribution in [0, 0.1) is 23.7 Å². The smallest absolute Gasteiger partial charge is 0.318 e. The number of hydrogen-bond acceptors (Lipinski definition) is 9. The molecule has 3 aliphatic rings. The Balaban J connectivity index is 1.37. The van der Waals surface area contributed by atoms with Gasteiger partial charge in [0.05, 0.1) is 54.8 Å². The van der Waals surface area contributed by atoms with E-state index in [-0.39, 0.29) is 18.4 Å². The standard InChI is InChI=1S/C34H44FN9O2/c1-23-9-10-28-27(18-37-40-28)30(23)42-15-7-8-26-29(20-42)38-33(46-22-34(21-41(3)4)12-5-6-13-34)39-31(26)43-16-17-44(32(45)24(2)35)25(19-43)11-14-36/h9-10,18,25H,2,5-8,11-13,15-17,19-22H2,1,3-4H3,(H,37,40)/t25-/m0/s1. The first-order chi connectivity index (χ1) is 22.2. The van der Waals surface area contributed by atoms with Crippen molar-refractivity contribution in [3.63, 3.8) is 0 Å². The van der Waals surface area contributed by atoms with Gasteiger partial charge in [-0.25, -0.2) is 4.39 Å². The molecule has 4 heterocycles. The van der Waals surface area contributed by atoms with Crippen LogP contribution >= 0.6 is 0 Å².